The number of anilines is 1. The van der Waals surface area contributed by atoms with Gasteiger partial charge >= 0.3 is 0 Å². The number of hydrogen-bond acceptors (Lipinski definition) is 4. The van der Waals surface area contributed by atoms with E-state index in [-0.39, 0.29) is 0 Å². The Bertz CT molecular complexity index is 898. The zero-order chi connectivity index (χ0) is 22.4. The van der Waals surface area contributed by atoms with Gasteiger partial charge in [0.05, 0.1) is 12.0 Å². The van der Waals surface area contributed by atoms with Crippen LogP contribution < -0.4 is 15.5 Å². The fraction of sp³-hybridized carbons (Fsp3) is 0.375. The lowest BCUT2D eigenvalue weighted by atomic mass is 10.2. The number of nitrogens with zero attached hydrogens (tertiary/aromatic N) is 3. The molecule has 32 heavy (non-hydrogen) atoms. The van der Waals surface area contributed by atoms with Crippen LogP contribution in [0.5, 0.6) is 0 Å². The normalized spacial score (nSPS) is 10.7. The third-order valence-electron chi connectivity index (χ3n) is 5.13. The van der Waals surface area contributed by atoms with E-state index in [0.717, 1.165) is 74.3 Å². The topological polar surface area (TPSA) is 92.7 Å². The summed E-state index contributed by atoms with van der Waals surface area (Å²) in [5.41, 5.74) is 2.33. The van der Waals surface area contributed by atoms with Crippen molar-refractivity contribution in [3.05, 3.63) is 76.9 Å². The number of benzene rings is 1. The predicted octanol–water partition coefficient (Wildman–Crippen LogP) is 4.49. The van der Waals surface area contributed by atoms with E-state index in [1.165, 1.54) is 5.56 Å². The molecule has 0 atom stereocenters. The lowest BCUT2D eigenvalue weighted by molar-refractivity contribution is 0.631. The number of hydrogen-bond donors (Lipinski definition) is 4. The van der Waals surface area contributed by atoms with Crippen molar-refractivity contribution in [2.24, 2.45) is 0 Å². The van der Waals surface area contributed by atoms with E-state index in [0.29, 0.717) is 5.96 Å². The first-order valence-electron chi connectivity index (χ1n) is 11.1. The Morgan fingerprint density at radius 3 is 2.50 bits per heavy atom. The lowest BCUT2D eigenvalue weighted by Gasteiger charge is -2.24. The van der Waals surface area contributed by atoms with Gasteiger partial charge in [0.15, 0.2) is 5.96 Å². The quantitative estimate of drug-likeness (QED) is 0.158. The second kappa shape index (κ2) is 13.5. The molecule has 2 aromatic heterocycles. The third-order valence-corrected chi connectivity index (χ3v) is 5.66. The van der Waals surface area contributed by atoms with E-state index in [4.69, 9.17) is 5.41 Å². The number of rotatable bonds is 13. The van der Waals surface area contributed by atoms with Gasteiger partial charge in [0, 0.05) is 43.0 Å². The Hall–Kier alpha value is -2.87. The van der Waals surface area contributed by atoms with E-state index in [1.54, 1.807) is 6.33 Å². The van der Waals surface area contributed by atoms with Gasteiger partial charge in [-0.2, -0.15) is 0 Å². The molecule has 0 unspecified atom stereocenters. The number of H-pyrrole nitrogens is 1. The molecule has 0 spiro atoms. The second-order valence-corrected chi connectivity index (χ2v) is 8.60. The highest BCUT2D eigenvalue weighted by molar-refractivity contribution is 9.10. The van der Waals surface area contributed by atoms with Gasteiger partial charge in [-0.15, -0.1) is 0 Å². The Morgan fingerprint density at radius 2 is 1.78 bits per heavy atom. The van der Waals surface area contributed by atoms with Crippen LogP contribution in [0.25, 0.3) is 0 Å². The highest BCUT2D eigenvalue weighted by Crippen LogP contribution is 2.17. The van der Waals surface area contributed by atoms with E-state index in [2.05, 4.69) is 76.7 Å². The van der Waals surface area contributed by atoms with Crippen molar-refractivity contribution in [1.29, 1.82) is 5.41 Å². The van der Waals surface area contributed by atoms with E-state index < -0.39 is 0 Å². The summed E-state index contributed by atoms with van der Waals surface area (Å²) in [6, 6.07) is 14.5. The molecule has 0 fully saturated rings. The third kappa shape index (κ3) is 8.70. The monoisotopic (exact) mass is 497 g/mol. The first-order chi connectivity index (χ1) is 15.7. The molecule has 0 radical (unpaired) electrons. The van der Waals surface area contributed by atoms with Crippen LogP contribution in [0, 0.1) is 5.41 Å². The molecule has 2 heterocycles. The van der Waals surface area contributed by atoms with Crippen LogP contribution in [0.2, 0.25) is 0 Å². The van der Waals surface area contributed by atoms with Gasteiger partial charge in [-0.05, 0) is 61.9 Å². The van der Waals surface area contributed by atoms with Crippen molar-refractivity contribution >= 4 is 27.7 Å². The number of unbranched alkanes of at least 4 members (excludes halogenated alkanes) is 2. The molecule has 3 aromatic rings. The molecule has 0 aliphatic heterocycles. The summed E-state index contributed by atoms with van der Waals surface area (Å²) in [5.74, 6) is 1.41. The number of guanidine groups is 1. The van der Waals surface area contributed by atoms with Gasteiger partial charge in [-0.25, -0.2) is 9.97 Å². The minimum absolute atomic E-state index is 0.400. The van der Waals surface area contributed by atoms with E-state index in [1.807, 2.05) is 24.5 Å². The van der Waals surface area contributed by atoms with Gasteiger partial charge in [0.2, 0.25) is 0 Å². The number of aromatic nitrogens is 3. The number of nitrogens with one attached hydrogen (secondary N) is 4. The average Bonchev–Trinajstić information content (AvgIpc) is 3.34. The SMILES string of the molecule is N=C(NCCCCCN(Cc1ccc(Br)cc1)c1ccccn1)NCCCc1c[nH]cn1. The molecule has 3 rings (SSSR count). The van der Waals surface area contributed by atoms with Crippen LogP contribution in [0.1, 0.15) is 36.9 Å². The summed E-state index contributed by atoms with van der Waals surface area (Å²) in [6.45, 7) is 3.38. The zero-order valence-electron chi connectivity index (χ0n) is 18.4. The zero-order valence-corrected chi connectivity index (χ0v) is 19.9. The van der Waals surface area contributed by atoms with Crippen molar-refractivity contribution in [2.75, 3.05) is 24.5 Å². The van der Waals surface area contributed by atoms with Gasteiger partial charge in [0.1, 0.15) is 5.82 Å². The standard InChI is InChI=1S/C24H32BrN7/c25-21-11-9-20(10-12-21)18-32(23-8-2-4-13-28-23)16-5-1-3-14-29-24(26)30-15-6-7-22-17-27-19-31-22/h2,4,8-13,17,19H,1,3,5-7,14-16,18H2,(H,27,31)(H3,26,29,30). The van der Waals surface area contributed by atoms with Gasteiger partial charge < -0.3 is 20.5 Å². The van der Waals surface area contributed by atoms with Crippen LogP contribution in [0.3, 0.4) is 0 Å². The van der Waals surface area contributed by atoms with Gasteiger partial charge in [-0.1, -0.05) is 34.1 Å². The maximum Gasteiger partial charge on any atom is 0.188 e. The summed E-state index contributed by atoms with van der Waals surface area (Å²) in [4.78, 5) is 14.0. The molecule has 0 saturated heterocycles. The summed E-state index contributed by atoms with van der Waals surface area (Å²) < 4.78 is 1.09. The smallest absolute Gasteiger partial charge is 0.188 e. The van der Waals surface area contributed by atoms with Crippen molar-refractivity contribution in [3.8, 4) is 0 Å². The number of aryl methyl sites for hydroxylation is 1. The lowest BCUT2D eigenvalue weighted by Crippen LogP contribution is -2.37. The predicted molar refractivity (Wildman–Crippen MR) is 134 cm³/mol. The average molecular weight is 498 g/mol. The second-order valence-electron chi connectivity index (χ2n) is 7.69. The molecular formula is C24H32BrN7. The van der Waals surface area contributed by atoms with Crippen LogP contribution >= 0.6 is 15.9 Å². The van der Waals surface area contributed by atoms with E-state index >= 15 is 0 Å². The molecule has 4 N–H and O–H groups in total. The van der Waals surface area contributed by atoms with Crippen LogP contribution in [0.15, 0.2) is 65.7 Å². The molecule has 7 nitrogen and oxygen atoms in total. The van der Waals surface area contributed by atoms with Crippen LogP contribution in [-0.4, -0.2) is 40.5 Å². The van der Waals surface area contributed by atoms with Crippen molar-refractivity contribution in [2.45, 2.75) is 38.6 Å². The fourth-order valence-electron chi connectivity index (χ4n) is 3.42. The highest BCUT2D eigenvalue weighted by atomic mass is 79.9. The minimum Gasteiger partial charge on any atom is -0.357 e. The molecule has 0 aliphatic rings. The Labute approximate surface area is 198 Å². The highest BCUT2D eigenvalue weighted by Gasteiger charge is 2.08. The molecular weight excluding hydrogens is 466 g/mol. The van der Waals surface area contributed by atoms with Crippen LogP contribution in [-0.2, 0) is 13.0 Å². The molecule has 170 valence electrons. The molecule has 1 aromatic carbocycles. The molecule has 0 bridgehead atoms. The van der Waals surface area contributed by atoms with Crippen LogP contribution in [0.4, 0.5) is 5.82 Å². The Balaban J connectivity index is 1.31. The summed E-state index contributed by atoms with van der Waals surface area (Å²) in [6.07, 6.45) is 10.5. The van der Waals surface area contributed by atoms with Crippen molar-refractivity contribution in [3.63, 3.8) is 0 Å². The Kier molecular flexibility index (Phi) is 10.1. The number of halogens is 1. The van der Waals surface area contributed by atoms with E-state index in [9.17, 15) is 0 Å². The molecule has 0 saturated carbocycles. The number of aromatic amines is 1. The molecule has 0 amide bonds. The maximum absolute atomic E-state index is 7.98. The van der Waals surface area contributed by atoms with Gasteiger partial charge in [-0.3, -0.25) is 5.41 Å². The fourth-order valence-corrected chi connectivity index (χ4v) is 3.68. The number of imidazole rings is 1. The molecule has 0 aliphatic carbocycles. The summed E-state index contributed by atoms with van der Waals surface area (Å²) in [5, 5.41) is 14.3. The first kappa shape index (κ1) is 23.8. The number of pyridine rings is 1. The maximum atomic E-state index is 7.98. The van der Waals surface area contributed by atoms with Crippen molar-refractivity contribution < 1.29 is 0 Å². The van der Waals surface area contributed by atoms with Gasteiger partial charge in [0.25, 0.3) is 0 Å². The summed E-state index contributed by atoms with van der Waals surface area (Å²) >= 11 is 3.50. The summed E-state index contributed by atoms with van der Waals surface area (Å²) in [7, 11) is 0. The minimum atomic E-state index is 0.400. The first-order valence-corrected chi connectivity index (χ1v) is 11.9. The van der Waals surface area contributed by atoms with Crippen molar-refractivity contribution in [1.82, 2.24) is 25.6 Å². The molecule has 8 heteroatoms. The Morgan fingerprint density at radius 1 is 0.969 bits per heavy atom. The largest absolute Gasteiger partial charge is 0.357 e.